The Bertz CT molecular complexity index is 557. The highest BCUT2D eigenvalue weighted by molar-refractivity contribution is 6.31. The van der Waals surface area contributed by atoms with Gasteiger partial charge in [-0.3, -0.25) is 0 Å². The number of hydrogen-bond acceptors (Lipinski definition) is 4. The average molecular weight is 340 g/mol. The Morgan fingerprint density at radius 1 is 1.26 bits per heavy atom. The highest BCUT2D eigenvalue weighted by atomic mass is 35.5. The Morgan fingerprint density at radius 3 is 2.61 bits per heavy atom. The van der Waals surface area contributed by atoms with E-state index in [1.54, 1.807) is 4.90 Å². The van der Waals surface area contributed by atoms with E-state index in [4.69, 9.17) is 22.1 Å². The molecule has 1 aliphatic heterocycles. The minimum atomic E-state index is -0.464. The van der Waals surface area contributed by atoms with Crippen molar-refractivity contribution in [2.75, 3.05) is 31.1 Å². The van der Waals surface area contributed by atoms with Crippen LogP contribution in [0, 0.1) is 0 Å². The van der Waals surface area contributed by atoms with Gasteiger partial charge in [0.2, 0.25) is 0 Å². The molecule has 1 aliphatic rings. The molecular formula is C17H26ClN3O2. The number of ether oxygens (including phenoxy) is 1. The van der Waals surface area contributed by atoms with E-state index in [9.17, 15) is 4.79 Å². The lowest BCUT2D eigenvalue weighted by molar-refractivity contribution is 0.0263. The number of rotatable bonds is 2. The van der Waals surface area contributed by atoms with Gasteiger partial charge in [-0.05, 0) is 44.9 Å². The van der Waals surface area contributed by atoms with Gasteiger partial charge < -0.3 is 20.3 Å². The summed E-state index contributed by atoms with van der Waals surface area (Å²) in [7, 11) is 0. The monoisotopic (exact) mass is 339 g/mol. The van der Waals surface area contributed by atoms with Crippen LogP contribution in [0.1, 0.15) is 32.8 Å². The molecule has 0 radical (unpaired) electrons. The number of halogens is 1. The molecule has 1 fully saturated rings. The summed E-state index contributed by atoms with van der Waals surface area (Å²) in [6, 6.07) is 5.96. The molecule has 0 saturated carbocycles. The van der Waals surface area contributed by atoms with Crippen LogP contribution in [0.4, 0.5) is 10.5 Å². The van der Waals surface area contributed by atoms with Gasteiger partial charge in [0.05, 0.1) is 0 Å². The summed E-state index contributed by atoms with van der Waals surface area (Å²) in [4.78, 5) is 16.2. The van der Waals surface area contributed by atoms with Crippen LogP contribution in [0.5, 0.6) is 0 Å². The number of nitrogens with zero attached hydrogens (tertiary/aromatic N) is 2. The average Bonchev–Trinajstić information content (AvgIpc) is 2.71. The minimum absolute atomic E-state index is 0.240. The normalized spacial score (nSPS) is 16.2. The zero-order valence-corrected chi connectivity index (χ0v) is 14.9. The molecular weight excluding hydrogens is 314 g/mol. The highest BCUT2D eigenvalue weighted by Crippen LogP contribution is 2.24. The molecule has 1 aromatic rings. The van der Waals surface area contributed by atoms with E-state index in [-0.39, 0.29) is 6.09 Å². The van der Waals surface area contributed by atoms with E-state index in [0.29, 0.717) is 24.7 Å². The Kier molecular flexibility index (Phi) is 5.76. The van der Waals surface area contributed by atoms with Gasteiger partial charge in [-0.1, -0.05) is 17.7 Å². The molecule has 1 heterocycles. The van der Waals surface area contributed by atoms with Crippen LogP contribution in [-0.2, 0) is 11.3 Å². The van der Waals surface area contributed by atoms with Crippen molar-refractivity contribution in [3.8, 4) is 0 Å². The summed E-state index contributed by atoms with van der Waals surface area (Å²) in [6.45, 7) is 9.09. The maximum Gasteiger partial charge on any atom is 0.410 e. The molecule has 2 rings (SSSR count). The minimum Gasteiger partial charge on any atom is -0.444 e. The zero-order valence-electron chi connectivity index (χ0n) is 14.1. The topological polar surface area (TPSA) is 58.8 Å². The van der Waals surface area contributed by atoms with E-state index < -0.39 is 5.60 Å². The molecule has 6 heteroatoms. The molecule has 0 aliphatic carbocycles. The number of carbonyl (C=O) groups is 1. The zero-order chi connectivity index (χ0) is 17.0. The molecule has 2 N–H and O–H groups in total. The summed E-state index contributed by atoms with van der Waals surface area (Å²) >= 11 is 6.25. The Morgan fingerprint density at radius 2 is 2.00 bits per heavy atom. The second kappa shape index (κ2) is 7.41. The quantitative estimate of drug-likeness (QED) is 0.898. The SMILES string of the molecule is CC(C)(C)OC(=O)N1CCCN(c2ccc(CN)c(Cl)c2)CC1. The summed E-state index contributed by atoms with van der Waals surface area (Å²) < 4.78 is 5.46. The van der Waals surface area contributed by atoms with Crippen molar-refractivity contribution in [1.82, 2.24) is 4.90 Å². The van der Waals surface area contributed by atoms with E-state index in [0.717, 1.165) is 30.8 Å². The molecule has 1 amide bonds. The van der Waals surface area contributed by atoms with Crippen LogP contribution in [-0.4, -0.2) is 42.8 Å². The summed E-state index contributed by atoms with van der Waals surface area (Å²) in [6.07, 6.45) is 0.658. The third-order valence-electron chi connectivity index (χ3n) is 3.77. The Labute approximate surface area is 143 Å². The van der Waals surface area contributed by atoms with E-state index in [1.165, 1.54) is 0 Å². The van der Waals surface area contributed by atoms with Gasteiger partial charge in [0.15, 0.2) is 0 Å². The number of amides is 1. The van der Waals surface area contributed by atoms with Crippen LogP contribution < -0.4 is 10.6 Å². The molecule has 0 spiro atoms. The first-order chi connectivity index (χ1) is 10.8. The maximum absolute atomic E-state index is 12.2. The molecule has 128 valence electrons. The first-order valence-corrected chi connectivity index (χ1v) is 8.39. The van der Waals surface area contributed by atoms with E-state index >= 15 is 0 Å². The standard InChI is InChI=1S/C17H26ClN3O2/c1-17(2,3)23-16(22)21-8-4-7-20(9-10-21)14-6-5-13(12-19)15(18)11-14/h5-6,11H,4,7-10,12,19H2,1-3H3. The van der Waals surface area contributed by atoms with Gasteiger partial charge in [-0.25, -0.2) is 4.79 Å². The van der Waals surface area contributed by atoms with Gasteiger partial charge in [0.25, 0.3) is 0 Å². The number of hydrogen-bond donors (Lipinski definition) is 1. The van der Waals surface area contributed by atoms with Gasteiger partial charge in [-0.15, -0.1) is 0 Å². The largest absolute Gasteiger partial charge is 0.444 e. The summed E-state index contributed by atoms with van der Waals surface area (Å²) in [5.74, 6) is 0. The molecule has 1 aromatic carbocycles. The predicted octanol–water partition coefficient (Wildman–Crippen LogP) is 3.25. The third-order valence-corrected chi connectivity index (χ3v) is 4.12. The molecule has 0 aromatic heterocycles. The van der Waals surface area contributed by atoms with Crippen molar-refractivity contribution in [2.45, 2.75) is 39.3 Å². The first kappa shape index (κ1) is 17.9. The summed E-state index contributed by atoms with van der Waals surface area (Å²) in [5.41, 5.74) is 7.20. The lowest BCUT2D eigenvalue weighted by Crippen LogP contribution is -2.39. The van der Waals surface area contributed by atoms with Crippen molar-refractivity contribution < 1.29 is 9.53 Å². The fourth-order valence-corrected chi connectivity index (χ4v) is 2.84. The maximum atomic E-state index is 12.2. The fraction of sp³-hybridized carbons (Fsp3) is 0.588. The third kappa shape index (κ3) is 5.01. The van der Waals surface area contributed by atoms with Crippen molar-refractivity contribution in [1.29, 1.82) is 0 Å². The van der Waals surface area contributed by atoms with Crippen LogP contribution in [0.25, 0.3) is 0 Å². The molecule has 5 nitrogen and oxygen atoms in total. The molecule has 0 unspecified atom stereocenters. The van der Waals surface area contributed by atoms with E-state index in [1.807, 2.05) is 39.0 Å². The second-order valence-electron chi connectivity index (χ2n) is 6.79. The van der Waals surface area contributed by atoms with Crippen LogP contribution in [0.2, 0.25) is 5.02 Å². The van der Waals surface area contributed by atoms with Crippen LogP contribution in [0.3, 0.4) is 0 Å². The van der Waals surface area contributed by atoms with Crippen molar-refractivity contribution in [3.05, 3.63) is 28.8 Å². The number of anilines is 1. The number of carbonyl (C=O) groups excluding carboxylic acids is 1. The van der Waals surface area contributed by atoms with Gasteiger partial charge >= 0.3 is 6.09 Å². The van der Waals surface area contributed by atoms with Crippen LogP contribution in [0.15, 0.2) is 18.2 Å². The molecule has 0 bridgehead atoms. The fourth-order valence-electron chi connectivity index (χ4n) is 2.58. The second-order valence-corrected chi connectivity index (χ2v) is 7.20. The van der Waals surface area contributed by atoms with Crippen LogP contribution >= 0.6 is 11.6 Å². The van der Waals surface area contributed by atoms with Gasteiger partial charge in [0.1, 0.15) is 5.60 Å². The number of benzene rings is 1. The van der Waals surface area contributed by atoms with Crippen molar-refractivity contribution in [3.63, 3.8) is 0 Å². The first-order valence-electron chi connectivity index (χ1n) is 8.01. The van der Waals surface area contributed by atoms with Crippen molar-refractivity contribution >= 4 is 23.4 Å². The smallest absolute Gasteiger partial charge is 0.410 e. The number of nitrogens with two attached hydrogens (primary N) is 1. The Balaban J connectivity index is 2.01. The van der Waals surface area contributed by atoms with Crippen molar-refractivity contribution in [2.24, 2.45) is 5.73 Å². The van der Waals surface area contributed by atoms with Gasteiger partial charge in [0, 0.05) is 43.4 Å². The predicted molar refractivity (Wildman–Crippen MR) is 94.0 cm³/mol. The highest BCUT2D eigenvalue weighted by Gasteiger charge is 2.24. The lowest BCUT2D eigenvalue weighted by Gasteiger charge is -2.27. The lowest BCUT2D eigenvalue weighted by atomic mass is 10.2. The molecule has 0 atom stereocenters. The molecule has 1 saturated heterocycles. The molecule has 23 heavy (non-hydrogen) atoms. The van der Waals surface area contributed by atoms with Gasteiger partial charge in [-0.2, -0.15) is 0 Å². The summed E-state index contributed by atoms with van der Waals surface area (Å²) in [5, 5.41) is 0.693. The Hall–Kier alpha value is -1.46. The van der Waals surface area contributed by atoms with E-state index in [2.05, 4.69) is 4.90 Å².